The summed E-state index contributed by atoms with van der Waals surface area (Å²) >= 11 is 0. The highest BCUT2D eigenvalue weighted by Gasteiger charge is 2.19. The van der Waals surface area contributed by atoms with Crippen LogP contribution in [0.1, 0.15) is 387 Å². The maximum atomic E-state index is 13.0. The third-order valence-corrected chi connectivity index (χ3v) is 16.3. The van der Waals surface area contributed by atoms with Crippen molar-refractivity contribution in [1.29, 1.82) is 0 Å². The van der Waals surface area contributed by atoms with E-state index in [4.69, 9.17) is 14.2 Å². The second kappa shape index (κ2) is 70.6. The second-order valence-electron chi connectivity index (χ2n) is 24.5. The van der Waals surface area contributed by atoms with Gasteiger partial charge in [0.1, 0.15) is 13.2 Å². The maximum absolute atomic E-state index is 13.0. The van der Waals surface area contributed by atoms with Gasteiger partial charge >= 0.3 is 17.9 Å². The van der Waals surface area contributed by atoms with Crippen LogP contribution in [0.2, 0.25) is 0 Å². The molecule has 0 bridgehead atoms. The highest BCUT2D eigenvalue weighted by molar-refractivity contribution is 5.71. The summed E-state index contributed by atoms with van der Waals surface area (Å²) in [6.07, 6.45) is 91.0. The first kappa shape index (κ1) is 79.1. The van der Waals surface area contributed by atoms with Gasteiger partial charge in [-0.2, -0.15) is 0 Å². The van der Waals surface area contributed by atoms with Crippen molar-refractivity contribution in [2.45, 2.75) is 393 Å². The molecule has 1 unspecified atom stereocenters. The molecule has 0 N–H and O–H groups in total. The van der Waals surface area contributed by atoms with Gasteiger partial charge in [-0.1, -0.05) is 364 Å². The molecule has 0 radical (unpaired) electrons. The number of hydrogen-bond donors (Lipinski definition) is 0. The van der Waals surface area contributed by atoms with E-state index in [1.165, 1.54) is 250 Å². The van der Waals surface area contributed by atoms with Gasteiger partial charge in [0.25, 0.3) is 0 Å². The maximum Gasteiger partial charge on any atom is 0.306 e. The van der Waals surface area contributed by atoms with Gasteiger partial charge in [-0.3, -0.25) is 14.4 Å². The summed E-state index contributed by atoms with van der Waals surface area (Å²) in [4.78, 5) is 38.5. The van der Waals surface area contributed by atoms with Crippen molar-refractivity contribution in [2.24, 2.45) is 0 Å². The van der Waals surface area contributed by atoms with E-state index < -0.39 is 6.10 Å². The molecule has 0 aliphatic heterocycles. The van der Waals surface area contributed by atoms with Gasteiger partial charge in [0, 0.05) is 19.3 Å². The minimum atomic E-state index is -0.775. The molecule has 0 rings (SSSR count). The summed E-state index contributed by atoms with van der Waals surface area (Å²) in [6, 6.07) is 0. The number of rotatable bonds is 67. The Morgan fingerprint density at radius 1 is 0.256 bits per heavy atom. The summed E-state index contributed by atoms with van der Waals surface area (Å²) in [5.74, 6) is -0.846. The lowest BCUT2D eigenvalue weighted by Gasteiger charge is -2.18. The predicted octanol–water partition coefficient (Wildman–Crippen LogP) is 25.1. The van der Waals surface area contributed by atoms with E-state index in [1.807, 2.05) is 0 Å². The molecule has 0 fully saturated rings. The van der Waals surface area contributed by atoms with Crippen molar-refractivity contribution < 1.29 is 28.6 Å². The van der Waals surface area contributed by atoms with E-state index in [1.54, 1.807) is 0 Å². The third-order valence-electron chi connectivity index (χ3n) is 16.3. The Hall–Kier alpha value is -2.89. The van der Waals surface area contributed by atoms with Gasteiger partial charge in [0.2, 0.25) is 0 Å². The van der Waals surface area contributed by atoms with Crippen LogP contribution in [-0.2, 0) is 28.6 Å². The summed E-state index contributed by atoms with van der Waals surface area (Å²) in [7, 11) is 0. The van der Waals surface area contributed by atoms with E-state index >= 15 is 0 Å². The Kier molecular flexibility index (Phi) is 68.1. The molecule has 478 valence electrons. The van der Waals surface area contributed by atoms with Crippen LogP contribution in [0.5, 0.6) is 0 Å². The molecular formula is C76H138O6. The smallest absolute Gasteiger partial charge is 0.306 e. The van der Waals surface area contributed by atoms with Crippen LogP contribution in [0.3, 0.4) is 0 Å². The lowest BCUT2D eigenvalue weighted by Crippen LogP contribution is -2.30. The largest absolute Gasteiger partial charge is 0.462 e. The van der Waals surface area contributed by atoms with Crippen LogP contribution in [0.4, 0.5) is 0 Å². The fraction of sp³-hybridized carbons (Fsp3) is 0.829. The molecule has 0 saturated heterocycles. The molecule has 0 aliphatic carbocycles. The first-order chi connectivity index (χ1) is 40.5. The minimum absolute atomic E-state index is 0.0699. The van der Waals surface area contributed by atoms with E-state index in [-0.39, 0.29) is 31.1 Å². The van der Waals surface area contributed by atoms with Gasteiger partial charge < -0.3 is 14.2 Å². The molecule has 0 aromatic carbocycles. The number of allylic oxidation sites excluding steroid dienone is 10. The molecule has 0 saturated carbocycles. The zero-order valence-electron chi connectivity index (χ0n) is 55.0. The minimum Gasteiger partial charge on any atom is -0.462 e. The number of ether oxygens (including phenoxy) is 3. The van der Waals surface area contributed by atoms with Crippen molar-refractivity contribution in [1.82, 2.24) is 0 Å². The second-order valence-corrected chi connectivity index (χ2v) is 24.5. The van der Waals surface area contributed by atoms with Crippen molar-refractivity contribution in [3.05, 3.63) is 60.8 Å². The molecule has 6 nitrogen and oxygen atoms in total. The number of hydrogen-bond acceptors (Lipinski definition) is 6. The summed E-state index contributed by atoms with van der Waals surface area (Å²) in [6.45, 7) is 6.60. The monoisotopic (exact) mass is 1150 g/mol. The molecule has 1 atom stereocenters. The quantitative estimate of drug-likeness (QED) is 0.0261. The first-order valence-corrected chi connectivity index (χ1v) is 36.3. The fourth-order valence-corrected chi connectivity index (χ4v) is 10.9. The molecular weight excluding hydrogens is 1010 g/mol. The highest BCUT2D eigenvalue weighted by Crippen LogP contribution is 2.19. The Balaban J connectivity index is 4.32. The summed E-state index contributed by atoms with van der Waals surface area (Å²) < 4.78 is 17.0. The average molecular weight is 1150 g/mol. The Morgan fingerprint density at radius 3 is 0.744 bits per heavy atom. The first-order valence-electron chi connectivity index (χ1n) is 36.3. The number of unbranched alkanes of at least 4 members (excludes halogenated alkanes) is 46. The molecule has 82 heavy (non-hydrogen) atoms. The SMILES string of the molecule is CC/C=C\C/C=C\C/C=C\C/C=C\C/C=C\CCCCCCCCCCCC(=O)OCC(COC(=O)CCCCCCCCCCCCCCCCCCCC)OC(=O)CCCCCCCCCCCCCCCCCCCCCCC. The Bertz CT molecular complexity index is 1460. The summed E-state index contributed by atoms with van der Waals surface area (Å²) in [5, 5.41) is 0. The van der Waals surface area contributed by atoms with Gasteiger partial charge in [-0.15, -0.1) is 0 Å². The summed E-state index contributed by atoms with van der Waals surface area (Å²) in [5.41, 5.74) is 0. The van der Waals surface area contributed by atoms with Crippen LogP contribution < -0.4 is 0 Å². The zero-order valence-corrected chi connectivity index (χ0v) is 55.0. The predicted molar refractivity (Wildman–Crippen MR) is 358 cm³/mol. The van der Waals surface area contributed by atoms with Crippen molar-refractivity contribution >= 4 is 17.9 Å². The highest BCUT2D eigenvalue weighted by atomic mass is 16.6. The normalized spacial score (nSPS) is 12.4. The molecule has 0 aliphatic rings. The van der Waals surface area contributed by atoms with Crippen LogP contribution in [0.25, 0.3) is 0 Å². The van der Waals surface area contributed by atoms with E-state index in [9.17, 15) is 14.4 Å². The molecule has 0 aromatic rings. The van der Waals surface area contributed by atoms with Crippen LogP contribution in [0, 0.1) is 0 Å². The number of carbonyl (C=O) groups excluding carboxylic acids is 3. The van der Waals surface area contributed by atoms with Gasteiger partial charge in [0.15, 0.2) is 6.10 Å². The zero-order chi connectivity index (χ0) is 59.2. The van der Waals surface area contributed by atoms with Crippen LogP contribution >= 0.6 is 0 Å². The molecule has 0 aromatic heterocycles. The van der Waals surface area contributed by atoms with Crippen LogP contribution in [0.15, 0.2) is 60.8 Å². The van der Waals surface area contributed by atoms with Gasteiger partial charge in [-0.25, -0.2) is 0 Å². The van der Waals surface area contributed by atoms with Crippen molar-refractivity contribution in [3.63, 3.8) is 0 Å². The van der Waals surface area contributed by atoms with Crippen molar-refractivity contribution in [3.8, 4) is 0 Å². The molecule has 0 amide bonds. The Morgan fingerprint density at radius 2 is 0.476 bits per heavy atom. The molecule has 6 heteroatoms. The Labute approximate surface area is 510 Å². The number of esters is 3. The van der Waals surface area contributed by atoms with Gasteiger partial charge in [-0.05, 0) is 64.2 Å². The van der Waals surface area contributed by atoms with Gasteiger partial charge in [0.05, 0.1) is 0 Å². The third kappa shape index (κ3) is 67.9. The van der Waals surface area contributed by atoms with E-state index in [0.717, 1.165) is 96.3 Å². The topological polar surface area (TPSA) is 78.9 Å². The fourth-order valence-electron chi connectivity index (χ4n) is 10.9. The average Bonchev–Trinajstić information content (AvgIpc) is 3.47. The standard InChI is InChI=1S/C76H138O6/c1-4-7-10-13-16-19-22-25-28-31-34-36-37-38-39-41-42-45-48-51-54-57-60-63-66-69-75(78)81-72-73(71-80-74(77)68-65-62-59-56-53-50-47-44-33-30-27-24-21-18-15-12-9-6-3)82-76(79)70-67-64-61-58-55-52-49-46-43-40-35-32-29-26-23-20-17-14-11-8-5-2/h7,10,16,19,25,28,34,36,38-39,73H,4-6,8-9,11-15,17-18,20-24,26-27,29-33,35,37,40-72H2,1-3H3/b10-7-,19-16-,28-25-,36-34-,39-38-. The van der Waals surface area contributed by atoms with E-state index in [0.29, 0.717) is 19.3 Å². The molecule has 0 spiro atoms. The number of carbonyl (C=O) groups is 3. The lowest BCUT2D eigenvalue weighted by molar-refractivity contribution is -0.167. The van der Waals surface area contributed by atoms with E-state index in [2.05, 4.69) is 81.5 Å². The van der Waals surface area contributed by atoms with Crippen molar-refractivity contribution in [2.75, 3.05) is 13.2 Å². The van der Waals surface area contributed by atoms with Crippen LogP contribution in [-0.4, -0.2) is 37.2 Å². The molecule has 0 heterocycles. The lowest BCUT2D eigenvalue weighted by atomic mass is 10.0.